The van der Waals surface area contributed by atoms with Gasteiger partial charge in [-0.2, -0.15) is 48.3 Å². The molecule has 0 N–H and O–H groups in total. The van der Waals surface area contributed by atoms with Gasteiger partial charge in [0, 0.05) is 0 Å². The second-order valence-electron chi connectivity index (χ2n) is 3.12. The molecule has 0 atom stereocenters. The van der Waals surface area contributed by atoms with Crippen molar-refractivity contribution in [3.8, 4) is 0 Å². The van der Waals surface area contributed by atoms with E-state index < -0.39 is 42.6 Å². The smallest absolute Gasteiger partial charge is 0.460 e. The molecule has 0 saturated carbocycles. The minimum Gasteiger partial charge on any atom is -0.477 e. The Labute approximate surface area is 101 Å². The molecule has 0 radical (unpaired) electrons. The van der Waals surface area contributed by atoms with Crippen molar-refractivity contribution in [1.82, 2.24) is 0 Å². The number of alkyl halides is 11. The van der Waals surface area contributed by atoms with Crippen LogP contribution in [0.3, 0.4) is 0 Å². The van der Waals surface area contributed by atoms with Crippen LogP contribution in [0.15, 0.2) is 11.6 Å². The van der Waals surface area contributed by atoms with Crippen molar-refractivity contribution in [1.29, 1.82) is 0 Å². The number of hydrogen-bond donors (Lipinski definition) is 0. The predicted octanol–water partition coefficient (Wildman–Crippen LogP) is 4.51. The second kappa shape index (κ2) is 5.24. The molecule has 0 heterocycles. The molecule has 0 bridgehead atoms. The molecule has 0 aliphatic heterocycles. The fourth-order valence-corrected chi connectivity index (χ4v) is 0.691. The fourth-order valence-electron chi connectivity index (χ4n) is 0.691. The molecule has 0 spiro atoms. The largest absolute Gasteiger partial charge is 0.477 e. The molecular formula is C7H2F12O. The molecule has 20 heavy (non-hydrogen) atoms. The van der Waals surface area contributed by atoms with Crippen LogP contribution in [-0.2, 0) is 4.74 Å². The van der Waals surface area contributed by atoms with Crippen LogP contribution < -0.4 is 0 Å². The third-order valence-corrected chi connectivity index (χ3v) is 1.47. The highest BCUT2D eigenvalue weighted by Crippen LogP contribution is 2.45. The Kier molecular flexibility index (Phi) is 4.90. The lowest BCUT2D eigenvalue weighted by Gasteiger charge is -2.22. The van der Waals surface area contributed by atoms with Gasteiger partial charge in [0.15, 0.2) is 6.61 Å². The van der Waals surface area contributed by atoms with E-state index in [9.17, 15) is 52.7 Å². The van der Waals surface area contributed by atoms with Crippen molar-refractivity contribution in [2.75, 3.05) is 6.61 Å². The van der Waals surface area contributed by atoms with Crippen molar-refractivity contribution in [2.24, 2.45) is 0 Å². The Morgan fingerprint density at radius 1 is 0.750 bits per heavy atom. The summed E-state index contributed by atoms with van der Waals surface area (Å²) in [6, 6.07) is 0. The maximum atomic E-state index is 12.6. The Bertz CT molecular complexity index is 369. The summed E-state index contributed by atoms with van der Waals surface area (Å²) < 4.78 is 145. The zero-order chi connectivity index (χ0) is 16.6. The standard InChI is InChI=1S/C7H2F12O/c8-2(5(12,13)7(17,18)19)3(6(14,15)16)20-1-4(9,10)11/h1H2/b3-2+. The normalized spacial score (nSPS) is 16.0. The Morgan fingerprint density at radius 2 is 1.15 bits per heavy atom. The maximum absolute atomic E-state index is 12.6. The van der Waals surface area contributed by atoms with Crippen molar-refractivity contribution < 1.29 is 57.4 Å². The molecule has 0 aliphatic rings. The summed E-state index contributed by atoms with van der Waals surface area (Å²) in [5.74, 6) is -14.6. The lowest BCUT2D eigenvalue weighted by Crippen LogP contribution is -2.39. The highest BCUT2D eigenvalue weighted by molar-refractivity contribution is 5.16. The Hall–Kier alpha value is -1.30. The average Bonchev–Trinajstić information content (AvgIpc) is 2.11. The molecule has 0 aromatic carbocycles. The molecule has 13 heteroatoms. The van der Waals surface area contributed by atoms with Crippen LogP contribution in [0.5, 0.6) is 0 Å². The first-order valence-electron chi connectivity index (χ1n) is 4.11. The molecule has 0 fully saturated rings. The van der Waals surface area contributed by atoms with Gasteiger partial charge in [-0.05, 0) is 0 Å². The maximum Gasteiger partial charge on any atom is 0.460 e. The highest BCUT2D eigenvalue weighted by atomic mass is 19.4. The van der Waals surface area contributed by atoms with E-state index in [0.717, 1.165) is 0 Å². The molecular weight excluding hydrogens is 328 g/mol. The zero-order valence-corrected chi connectivity index (χ0v) is 8.65. The van der Waals surface area contributed by atoms with Gasteiger partial charge in [-0.1, -0.05) is 0 Å². The van der Waals surface area contributed by atoms with E-state index in [-0.39, 0.29) is 0 Å². The van der Waals surface area contributed by atoms with Crippen molar-refractivity contribution in [3.05, 3.63) is 11.6 Å². The minimum absolute atomic E-state index is 2.69. The van der Waals surface area contributed by atoms with E-state index in [0.29, 0.717) is 0 Å². The third-order valence-electron chi connectivity index (χ3n) is 1.47. The van der Waals surface area contributed by atoms with Gasteiger partial charge in [0.05, 0.1) is 0 Å². The Balaban J connectivity index is 5.68. The van der Waals surface area contributed by atoms with Crippen LogP contribution in [0.25, 0.3) is 0 Å². The predicted molar refractivity (Wildman–Crippen MR) is 37.2 cm³/mol. The molecule has 1 nitrogen and oxygen atoms in total. The SMILES string of the molecule is F/C(=C(/OCC(F)(F)F)C(F)(F)F)C(F)(F)C(F)(F)F. The molecule has 0 saturated heterocycles. The number of allylic oxidation sites excluding steroid dienone is 2. The second-order valence-corrected chi connectivity index (χ2v) is 3.12. The van der Waals surface area contributed by atoms with Crippen molar-refractivity contribution in [2.45, 2.75) is 24.5 Å². The van der Waals surface area contributed by atoms with Crippen LogP contribution in [0.1, 0.15) is 0 Å². The van der Waals surface area contributed by atoms with E-state index in [1.807, 2.05) is 0 Å². The molecule has 120 valence electrons. The number of rotatable bonds is 3. The summed E-state index contributed by atoms with van der Waals surface area (Å²) >= 11 is 0. The van der Waals surface area contributed by atoms with Gasteiger partial charge in [0.1, 0.15) is 0 Å². The average molecular weight is 330 g/mol. The molecule has 0 aliphatic carbocycles. The number of hydrogen-bond acceptors (Lipinski definition) is 1. The first-order valence-corrected chi connectivity index (χ1v) is 4.11. The van der Waals surface area contributed by atoms with Crippen LogP contribution in [0.4, 0.5) is 52.7 Å². The summed E-state index contributed by atoms with van der Waals surface area (Å²) in [6.45, 7) is -2.90. The van der Waals surface area contributed by atoms with Gasteiger partial charge >= 0.3 is 24.5 Å². The van der Waals surface area contributed by atoms with E-state index in [1.54, 1.807) is 0 Å². The molecule has 0 aromatic rings. The first kappa shape index (κ1) is 18.7. The molecule has 0 unspecified atom stereocenters. The number of halogens is 12. The Morgan fingerprint density at radius 3 is 1.40 bits per heavy atom. The lowest BCUT2D eigenvalue weighted by molar-refractivity contribution is -0.275. The van der Waals surface area contributed by atoms with Gasteiger partial charge in [0.25, 0.3) is 0 Å². The van der Waals surface area contributed by atoms with Gasteiger partial charge in [-0.3, -0.25) is 0 Å². The van der Waals surface area contributed by atoms with Gasteiger partial charge in [-0.15, -0.1) is 0 Å². The highest BCUT2D eigenvalue weighted by Gasteiger charge is 2.64. The topological polar surface area (TPSA) is 9.23 Å². The van der Waals surface area contributed by atoms with Crippen molar-refractivity contribution in [3.63, 3.8) is 0 Å². The van der Waals surface area contributed by atoms with Gasteiger partial charge in [-0.25, -0.2) is 4.39 Å². The van der Waals surface area contributed by atoms with Gasteiger partial charge in [0.2, 0.25) is 11.6 Å². The van der Waals surface area contributed by atoms with Gasteiger partial charge < -0.3 is 4.74 Å². The fraction of sp³-hybridized carbons (Fsp3) is 0.714. The van der Waals surface area contributed by atoms with E-state index in [2.05, 4.69) is 4.74 Å². The summed E-state index contributed by atoms with van der Waals surface area (Å²) in [4.78, 5) is 0. The molecule has 0 amide bonds. The van der Waals surface area contributed by atoms with Crippen LogP contribution in [-0.4, -0.2) is 31.1 Å². The van der Waals surface area contributed by atoms with Crippen LogP contribution >= 0.6 is 0 Å². The van der Waals surface area contributed by atoms with Crippen molar-refractivity contribution >= 4 is 0 Å². The monoisotopic (exact) mass is 330 g/mol. The minimum atomic E-state index is -6.78. The van der Waals surface area contributed by atoms with E-state index in [4.69, 9.17) is 0 Å². The summed E-state index contributed by atoms with van der Waals surface area (Å²) in [6.07, 6.45) is -18.6. The summed E-state index contributed by atoms with van der Waals surface area (Å²) in [5, 5.41) is 0. The quantitative estimate of drug-likeness (QED) is 0.547. The van der Waals surface area contributed by atoms with Crippen LogP contribution in [0, 0.1) is 0 Å². The number of ether oxygens (including phenoxy) is 1. The summed E-state index contributed by atoms with van der Waals surface area (Å²) in [5.41, 5.74) is 0. The van der Waals surface area contributed by atoms with E-state index in [1.165, 1.54) is 0 Å². The van der Waals surface area contributed by atoms with Crippen LogP contribution in [0.2, 0.25) is 0 Å². The third kappa shape index (κ3) is 4.67. The first-order chi connectivity index (χ1) is 8.50. The zero-order valence-electron chi connectivity index (χ0n) is 8.65. The molecule has 0 aromatic heterocycles. The lowest BCUT2D eigenvalue weighted by atomic mass is 10.2. The molecule has 0 rings (SSSR count). The van der Waals surface area contributed by atoms with E-state index >= 15 is 0 Å². The summed E-state index contributed by atoms with van der Waals surface area (Å²) in [7, 11) is 0.